The average Bonchev–Trinajstić information content (AvgIpc) is 0.677. The molecule has 0 fully saturated rings. The monoisotopic (exact) mass is 1230 g/mol. The Labute approximate surface area is 516 Å². The number of hydrogen-bond acceptors (Lipinski definition) is 5. The molecule has 13 aromatic rings. The van der Waals surface area contributed by atoms with Crippen molar-refractivity contribution in [3.63, 3.8) is 0 Å². The molecule has 90 heavy (non-hydrogen) atoms. The Morgan fingerprint density at radius 3 is 0.856 bits per heavy atom. The summed E-state index contributed by atoms with van der Waals surface area (Å²) >= 11 is 0. The first-order valence-corrected chi connectivity index (χ1v) is 33.8. The zero-order chi connectivity index (χ0) is 62.2. The molecule has 0 saturated carbocycles. The molecule has 0 aromatic heterocycles. The third kappa shape index (κ3) is 10.2. The van der Waals surface area contributed by atoms with Gasteiger partial charge in [-0.25, -0.2) is 0 Å². The molecule has 0 heterocycles. The second-order valence-corrected chi connectivity index (χ2v) is 31.2. The number of ketones is 2. The van der Waals surface area contributed by atoms with Gasteiger partial charge in [-0.15, -0.1) is 0 Å². The van der Waals surface area contributed by atoms with E-state index in [-0.39, 0.29) is 17.2 Å². The van der Waals surface area contributed by atoms with Crippen molar-refractivity contribution in [2.24, 2.45) is 0 Å². The van der Waals surface area contributed by atoms with Crippen LogP contribution >= 0.6 is 13.7 Å². The van der Waals surface area contributed by atoms with Crippen LogP contribution < -0.4 is 36.5 Å². The predicted molar refractivity (Wildman–Crippen MR) is 357 cm³/mol. The Morgan fingerprint density at radius 1 is 0.322 bits per heavy atom. The van der Waals surface area contributed by atoms with E-state index in [1.54, 1.807) is 109 Å². The molecule has 0 amide bonds. The third-order valence-electron chi connectivity index (χ3n) is 17.2. The van der Waals surface area contributed by atoms with Crippen LogP contribution in [0.1, 0.15) is 31.8 Å². The van der Waals surface area contributed by atoms with Crippen molar-refractivity contribution in [1.82, 2.24) is 0 Å². The van der Waals surface area contributed by atoms with Gasteiger partial charge in [0.15, 0.2) is 0 Å². The molecule has 13 rings (SSSR count). The van der Waals surface area contributed by atoms with Crippen molar-refractivity contribution in [1.29, 1.82) is 0 Å². The fourth-order valence-corrected chi connectivity index (χ4v) is 25.3. The van der Waals surface area contributed by atoms with Gasteiger partial charge in [0.05, 0.1) is 0 Å². The predicted octanol–water partition coefficient (Wildman–Crippen LogP) is 17.4. The van der Waals surface area contributed by atoms with Crippen molar-refractivity contribution in [3.05, 3.63) is 332 Å². The van der Waals surface area contributed by atoms with Crippen LogP contribution in [-0.2, 0) is 21.2 Å². The Morgan fingerprint density at radius 2 is 0.578 bits per heavy atom. The molecule has 0 N–H and O–H groups in total. The number of carbonyl (C=O) groups excluding carboxylic acids is 2. The molecule has 0 saturated heterocycles. The van der Waals surface area contributed by atoms with Gasteiger partial charge in [0.2, 0.25) is 0 Å². The minimum absolute atomic E-state index is 0.0347. The molecule has 0 aliphatic rings. The molecule has 0 spiro atoms. The number of Topliss-reactive ketones (excluding diaryl/α,β-unsaturated/α-hetero) is 2. The molecular weight excluding hydrogens is 1180 g/mol. The van der Waals surface area contributed by atoms with E-state index in [0.717, 1.165) is 21.5 Å². The third-order valence-corrected chi connectivity index (χ3v) is 28.6. The van der Waals surface area contributed by atoms with Crippen LogP contribution in [0.4, 0.5) is 26.3 Å². The molecule has 0 atom stereocenters. The van der Waals surface area contributed by atoms with Crippen LogP contribution in [0, 0.1) is 0 Å². The minimum atomic E-state index is -5.71. The first-order valence-electron chi connectivity index (χ1n) is 29.2. The molecule has 5 nitrogen and oxygen atoms in total. The van der Waals surface area contributed by atoms with E-state index in [9.17, 15) is 0 Å². The second-order valence-electron chi connectivity index (χ2n) is 22.4. The topological polar surface area (TPSA) is 61.8 Å². The van der Waals surface area contributed by atoms with Crippen molar-refractivity contribution in [2.45, 2.75) is 12.4 Å². The molecule has 0 bridgehead atoms. The SMILES string of the molecule is O=C(CP(OB(Oc1cc(C(F)(F)F)cc(C(F)(F)F)c1)OP(CC(=O)c1ccccc1)(c1ccccc1)(c1ccccc1)c1c2ccccc2cc2ccccc12)(c1ccccc1)(c1ccccc1)c1c2ccccc2cc2ccccc12)c1ccccc1. The van der Waals surface area contributed by atoms with Gasteiger partial charge < -0.3 is 0 Å². The summed E-state index contributed by atoms with van der Waals surface area (Å²) in [6, 6.07) is 89.2. The molecule has 444 valence electrons. The Bertz CT molecular complexity index is 4320. The van der Waals surface area contributed by atoms with Crippen molar-refractivity contribution < 1.29 is 49.5 Å². The summed E-state index contributed by atoms with van der Waals surface area (Å²) in [6.07, 6.45) is -11.7. The maximum atomic E-state index is 16.5. The Hall–Kier alpha value is -9.54. The van der Waals surface area contributed by atoms with E-state index in [1.807, 2.05) is 182 Å². The molecule has 14 heteroatoms. The van der Waals surface area contributed by atoms with Crippen LogP contribution in [0.25, 0.3) is 43.1 Å². The molecule has 0 radical (unpaired) electrons. The summed E-state index contributed by atoms with van der Waals surface area (Å²) < 4.78 is 118. The fraction of sp³-hybridized carbons (Fsp3) is 0.0526. The molecule has 0 aliphatic heterocycles. The summed E-state index contributed by atoms with van der Waals surface area (Å²) in [5.41, 5.74) is -2.78. The molecule has 0 aliphatic carbocycles. The average molecular weight is 1240 g/mol. The number of rotatable bonds is 18. The zero-order valence-corrected chi connectivity index (χ0v) is 49.9. The van der Waals surface area contributed by atoms with Gasteiger partial charge in [-0.1, -0.05) is 0 Å². The van der Waals surface area contributed by atoms with Gasteiger partial charge in [0.1, 0.15) is 0 Å². The van der Waals surface area contributed by atoms with Crippen LogP contribution in [0.3, 0.4) is 0 Å². The number of hydrogen-bond donors (Lipinski definition) is 0. The summed E-state index contributed by atoms with van der Waals surface area (Å²) in [6.45, 7) is -11.4. The maximum absolute atomic E-state index is 16.5. The standard InChI is InChI=1S/C76H55BF6O5P2/c78-75(79,80)60-49-61(76(81,82)83)51-62(50-60)86-77(87-89(63-35-11-3-12-36-63,64-37-13-4-14-38-64,52-71(84)54-27-7-1-8-28-54)73-67-43-23-19-31-56(67)47-57-32-20-24-44-68(57)73)88-90(65-39-15-5-16-40-65,66-41-17-6-18-42-66,53-72(85)55-29-9-2-10-30-55)74-69-45-25-21-33-58(69)48-59-34-22-26-46-70(59)74/h1-51H,52-53H2. The van der Waals surface area contributed by atoms with Crippen LogP contribution in [0.2, 0.25) is 0 Å². The summed E-state index contributed by atoms with van der Waals surface area (Å²) in [5, 5.41) is 8.01. The summed E-state index contributed by atoms with van der Waals surface area (Å²) in [4.78, 5) is 33.0. The normalized spacial score (nSPS) is 13.1. The number of benzene rings is 13. The summed E-state index contributed by atoms with van der Waals surface area (Å²) in [7, 11) is -2.49. The number of carbonyl (C=O) groups is 2. The first kappa shape index (κ1) is 59.4. The van der Waals surface area contributed by atoms with Gasteiger partial charge in [-0.05, 0) is 0 Å². The van der Waals surface area contributed by atoms with Gasteiger partial charge in [-0.2, -0.15) is 0 Å². The van der Waals surface area contributed by atoms with Crippen molar-refractivity contribution >= 4 is 107 Å². The van der Waals surface area contributed by atoms with Crippen LogP contribution in [-0.4, -0.2) is 31.2 Å². The Kier molecular flexibility index (Phi) is 15.5. The van der Waals surface area contributed by atoms with E-state index in [1.165, 1.54) is 0 Å². The first-order chi connectivity index (χ1) is 43.6. The molecular formula is C76H55BF6O5P2. The van der Waals surface area contributed by atoms with Gasteiger partial charge in [0.25, 0.3) is 0 Å². The zero-order valence-electron chi connectivity index (χ0n) is 48.1. The van der Waals surface area contributed by atoms with E-state index in [2.05, 4.69) is 0 Å². The van der Waals surface area contributed by atoms with E-state index < -0.39 is 74.1 Å². The van der Waals surface area contributed by atoms with Gasteiger partial charge >= 0.3 is 519 Å². The Balaban J connectivity index is 1.29. The molecule has 13 aromatic carbocycles. The summed E-state index contributed by atoms with van der Waals surface area (Å²) in [5.74, 6) is -1.80. The van der Waals surface area contributed by atoms with E-state index in [4.69, 9.17) is 13.5 Å². The fourth-order valence-electron chi connectivity index (χ4n) is 13.3. The van der Waals surface area contributed by atoms with E-state index >= 15 is 35.9 Å². The second kappa shape index (κ2) is 23.4. The van der Waals surface area contributed by atoms with E-state index in [0.29, 0.717) is 65.5 Å². The van der Waals surface area contributed by atoms with Crippen molar-refractivity contribution in [2.75, 3.05) is 12.3 Å². The van der Waals surface area contributed by atoms with Gasteiger partial charge in [-0.3, -0.25) is 0 Å². The van der Waals surface area contributed by atoms with Crippen LogP contribution in [0.15, 0.2) is 309 Å². The number of fused-ring (bicyclic) bond motifs is 4. The molecule has 0 unspecified atom stereocenters. The number of halogens is 6. The number of alkyl halides is 6. The quantitative estimate of drug-likeness (QED) is 0.0282. The van der Waals surface area contributed by atoms with Crippen LogP contribution in [0.5, 0.6) is 5.75 Å². The van der Waals surface area contributed by atoms with Crippen molar-refractivity contribution in [3.8, 4) is 5.75 Å². The van der Waals surface area contributed by atoms with Gasteiger partial charge in [0, 0.05) is 0 Å².